The van der Waals surface area contributed by atoms with Crippen LogP contribution in [0.2, 0.25) is 0 Å². The zero-order chi connectivity index (χ0) is 13.2. The molecule has 1 aliphatic heterocycles. The van der Waals surface area contributed by atoms with Crippen molar-refractivity contribution in [3.63, 3.8) is 0 Å². The van der Waals surface area contributed by atoms with E-state index in [4.69, 9.17) is 0 Å². The predicted octanol–water partition coefficient (Wildman–Crippen LogP) is 3.15. The molecule has 0 aromatic carbocycles. The summed E-state index contributed by atoms with van der Waals surface area (Å²) in [7, 11) is 0. The second-order valence-electron chi connectivity index (χ2n) is 5.69. The number of hydrogen-bond acceptors (Lipinski definition) is 3. The van der Waals surface area contributed by atoms with Gasteiger partial charge in [-0.1, -0.05) is 32.3 Å². The van der Waals surface area contributed by atoms with Crippen LogP contribution in [0.15, 0.2) is 17.5 Å². The van der Waals surface area contributed by atoms with Gasteiger partial charge in [-0.15, -0.1) is 11.3 Å². The topological polar surface area (TPSA) is 32.3 Å². The predicted molar refractivity (Wildman–Crippen MR) is 77.9 cm³/mol. The van der Waals surface area contributed by atoms with E-state index in [2.05, 4.69) is 34.7 Å². The number of thiophene rings is 1. The van der Waals surface area contributed by atoms with Gasteiger partial charge in [0.2, 0.25) is 5.91 Å². The number of carbonyl (C=O) groups excluding carboxylic acids is 1. The van der Waals surface area contributed by atoms with Gasteiger partial charge in [0.25, 0.3) is 0 Å². The monoisotopic (exact) mass is 278 g/mol. The molecule has 3 atom stereocenters. The Bertz CT molecular complexity index is 431. The lowest BCUT2D eigenvalue weighted by Crippen LogP contribution is -2.42. The molecule has 3 unspecified atom stereocenters. The smallest absolute Gasteiger partial charge is 0.238 e. The molecule has 3 rings (SSSR count). The zero-order valence-electron chi connectivity index (χ0n) is 11.5. The maximum absolute atomic E-state index is 12.2. The van der Waals surface area contributed by atoms with Gasteiger partial charge in [0.05, 0.1) is 6.54 Å². The number of hydrogen-bond donors (Lipinski definition) is 1. The van der Waals surface area contributed by atoms with Crippen molar-refractivity contribution in [2.24, 2.45) is 5.92 Å². The molecule has 2 aliphatic rings. The first-order chi connectivity index (χ1) is 9.29. The molecule has 2 fully saturated rings. The average Bonchev–Trinajstić information content (AvgIpc) is 3.07. The van der Waals surface area contributed by atoms with Crippen LogP contribution in [0, 0.1) is 5.92 Å². The molecule has 1 aromatic rings. The van der Waals surface area contributed by atoms with Gasteiger partial charge in [0.1, 0.15) is 6.17 Å². The lowest BCUT2D eigenvalue weighted by atomic mass is 9.83. The number of nitrogens with zero attached hydrogens (tertiary/aromatic N) is 1. The minimum absolute atomic E-state index is 0.119. The molecule has 104 valence electrons. The fraction of sp³-hybridized carbons (Fsp3) is 0.667. The van der Waals surface area contributed by atoms with E-state index in [9.17, 15) is 4.79 Å². The summed E-state index contributed by atoms with van der Waals surface area (Å²) in [5.74, 6) is 1.08. The highest BCUT2D eigenvalue weighted by molar-refractivity contribution is 7.10. The van der Waals surface area contributed by atoms with Gasteiger partial charge in [0, 0.05) is 10.9 Å². The van der Waals surface area contributed by atoms with Gasteiger partial charge >= 0.3 is 0 Å². The summed E-state index contributed by atoms with van der Waals surface area (Å²) in [4.78, 5) is 15.6. The molecule has 1 saturated heterocycles. The first-order valence-corrected chi connectivity index (χ1v) is 8.25. The fourth-order valence-electron chi connectivity index (χ4n) is 3.50. The van der Waals surface area contributed by atoms with Crippen molar-refractivity contribution in [1.29, 1.82) is 0 Å². The highest BCUT2D eigenvalue weighted by atomic mass is 32.1. The molecule has 4 heteroatoms. The van der Waals surface area contributed by atoms with Gasteiger partial charge in [-0.25, -0.2) is 0 Å². The summed E-state index contributed by atoms with van der Waals surface area (Å²) in [6.07, 6.45) is 6.33. The Balaban J connectivity index is 1.78. The van der Waals surface area contributed by atoms with Crippen LogP contribution in [0.25, 0.3) is 0 Å². The van der Waals surface area contributed by atoms with Crippen LogP contribution in [0.3, 0.4) is 0 Å². The molecular weight excluding hydrogens is 256 g/mol. The minimum Gasteiger partial charge on any atom is -0.318 e. The summed E-state index contributed by atoms with van der Waals surface area (Å²) in [6, 6.07) is 4.64. The molecule has 0 bridgehead atoms. The van der Waals surface area contributed by atoms with Gasteiger partial charge in [-0.2, -0.15) is 0 Å². The average molecular weight is 278 g/mol. The van der Waals surface area contributed by atoms with Crippen LogP contribution in [-0.4, -0.2) is 23.4 Å². The Hall–Kier alpha value is -0.870. The molecule has 2 heterocycles. The van der Waals surface area contributed by atoms with Crippen LogP contribution < -0.4 is 5.32 Å². The lowest BCUT2D eigenvalue weighted by molar-refractivity contribution is -0.131. The van der Waals surface area contributed by atoms with Crippen LogP contribution in [0.1, 0.15) is 50.1 Å². The molecule has 1 amide bonds. The van der Waals surface area contributed by atoms with Gasteiger partial charge < -0.3 is 4.90 Å². The van der Waals surface area contributed by atoms with Crippen molar-refractivity contribution in [1.82, 2.24) is 10.2 Å². The molecule has 1 aromatic heterocycles. The van der Waals surface area contributed by atoms with E-state index in [0.717, 1.165) is 5.92 Å². The molecule has 1 aliphatic carbocycles. The molecule has 1 saturated carbocycles. The van der Waals surface area contributed by atoms with E-state index in [1.807, 2.05) is 0 Å². The molecule has 1 N–H and O–H groups in total. The zero-order valence-corrected chi connectivity index (χ0v) is 12.3. The lowest BCUT2D eigenvalue weighted by Gasteiger charge is -2.37. The number of rotatable bonds is 3. The first kappa shape index (κ1) is 13.1. The Morgan fingerprint density at radius 1 is 1.47 bits per heavy atom. The molecule has 19 heavy (non-hydrogen) atoms. The number of carbonyl (C=O) groups is 1. The Morgan fingerprint density at radius 2 is 2.37 bits per heavy atom. The maximum Gasteiger partial charge on any atom is 0.238 e. The third-order valence-electron chi connectivity index (χ3n) is 4.55. The Kier molecular flexibility index (Phi) is 3.89. The van der Waals surface area contributed by atoms with E-state index in [1.165, 1.54) is 37.0 Å². The van der Waals surface area contributed by atoms with E-state index in [0.29, 0.717) is 12.6 Å². The molecule has 0 spiro atoms. The highest BCUT2D eigenvalue weighted by Crippen LogP contribution is 2.36. The quantitative estimate of drug-likeness (QED) is 0.921. The largest absolute Gasteiger partial charge is 0.318 e. The van der Waals surface area contributed by atoms with E-state index in [-0.39, 0.29) is 12.1 Å². The molecule has 0 radical (unpaired) electrons. The summed E-state index contributed by atoms with van der Waals surface area (Å²) in [5, 5.41) is 5.47. The number of amides is 1. The van der Waals surface area contributed by atoms with Gasteiger partial charge in [0.15, 0.2) is 0 Å². The summed E-state index contributed by atoms with van der Waals surface area (Å²) >= 11 is 1.74. The van der Waals surface area contributed by atoms with Crippen molar-refractivity contribution < 1.29 is 4.79 Å². The van der Waals surface area contributed by atoms with E-state index in [1.54, 1.807) is 11.3 Å². The maximum atomic E-state index is 12.2. The van der Waals surface area contributed by atoms with Crippen molar-refractivity contribution in [2.75, 3.05) is 6.54 Å². The first-order valence-electron chi connectivity index (χ1n) is 7.37. The standard InChI is InChI=1S/C15H22N2OS/c1-2-11-5-3-6-12(9-11)17-14(18)10-16-15(17)13-7-4-8-19-13/h4,7-8,11-12,15-16H,2-3,5-6,9-10H2,1H3. The van der Waals surface area contributed by atoms with Crippen molar-refractivity contribution in [3.05, 3.63) is 22.4 Å². The SMILES string of the molecule is CCC1CCCC(N2C(=O)CNC2c2cccs2)C1. The summed E-state index contributed by atoms with van der Waals surface area (Å²) in [6.45, 7) is 2.77. The van der Waals surface area contributed by atoms with E-state index < -0.39 is 0 Å². The second-order valence-corrected chi connectivity index (χ2v) is 6.67. The van der Waals surface area contributed by atoms with E-state index >= 15 is 0 Å². The van der Waals surface area contributed by atoms with Crippen molar-refractivity contribution in [2.45, 2.75) is 51.2 Å². The normalized spacial score (nSPS) is 31.9. The van der Waals surface area contributed by atoms with Crippen LogP contribution in [0.4, 0.5) is 0 Å². The van der Waals surface area contributed by atoms with Gasteiger partial charge in [-0.05, 0) is 30.2 Å². The number of nitrogens with one attached hydrogen (secondary N) is 1. The highest BCUT2D eigenvalue weighted by Gasteiger charge is 2.38. The molecular formula is C15H22N2OS. The third-order valence-corrected chi connectivity index (χ3v) is 5.48. The van der Waals surface area contributed by atoms with Crippen LogP contribution in [0.5, 0.6) is 0 Å². The van der Waals surface area contributed by atoms with Crippen LogP contribution in [-0.2, 0) is 4.79 Å². The minimum atomic E-state index is 0.119. The Morgan fingerprint density at radius 3 is 3.11 bits per heavy atom. The third kappa shape index (κ3) is 2.56. The fourth-order valence-corrected chi connectivity index (χ4v) is 4.30. The summed E-state index contributed by atoms with van der Waals surface area (Å²) in [5.41, 5.74) is 0. The van der Waals surface area contributed by atoms with Crippen LogP contribution >= 0.6 is 11.3 Å². The molecule has 3 nitrogen and oxygen atoms in total. The second kappa shape index (κ2) is 5.63. The Labute approximate surface area is 119 Å². The van der Waals surface area contributed by atoms with Crippen molar-refractivity contribution >= 4 is 17.2 Å². The van der Waals surface area contributed by atoms with Crippen molar-refractivity contribution in [3.8, 4) is 0 Å². The van der Waals surface area contributed by atoms with Gasteiger partial charge in [-0.3, -0.25) is 10.1 Å². The summed E-state index contributed by atoms with van der Waals surface area (Å²) < 4.78 is 0.